The zero-order valence-electron chi connectivity index (χ0n) is 16.0. The quantitative estimate of drug-likeness (QED) is 0.860. The Bertz CT molecular complexity index is 842. The van der Waals surface area contributed by atoms with Crippen LogP contribution >= 0.6 is 0 Å². The van der Waals surface area contributed by atoms with Gasteiger partial charge in [0.05, 0.1) is 18.7 Å². The summed E-state index contributed by atoms with van der Waals surface area (Å²) in [6.45, 7) is 4.46. The molecule has 2 fully saturated rings. The van der Waals surface area contributed by atoms with Crippen LogP contribution in [0.25, 0.3) is 10.9 Å². The highest BCUT2D eigenvalue weighted by molar-refractivity contribution is 5.80. The third-order valence-corrected chi connectivity index (χ3v) is 6.09. The molecular formula is C21H29N3O3. The van der Waals surface area contributed by atoms with E-state index in [0.717, 1.165) is 67.7 Å². The molecule has 6 nitrogen and oxygen atoms in total. The number of aromatic amines is 1. The molecule has 2 heterocycles. The Labute approximate surface area is 159 Å². The molecule has 1 saturated heterocycles. The summed E-state index contributed by atoms with van der Waals surface area (Å²) < 4.78 is 5.23. The summed E-state index contributed by atoms with van der Waals surface area (Å²) in [6.07, 6.45) is 4.23. The molecule has 6 heteroatoms. The number of aliphatic hydroxyl groups is 1. The minimum absolute atomic E-state index is 0.0270. The Balaban J connectivity index is 1.41. The molecule has 1 aliphatic heterocycles. The Hall–Kier alpha value is -1.89. The first-order valence-electron chi connectivity index (χ1n) is 9.98. The number of aromatic nitrogens is 1. The lowest BCUT2D eigenvalue weighted by Gasteiger charge is -2.42. The lowest BCUT2D eigenvalue weighted by Crippen LogP contribution is -2.54. The van der Waals surface area contributed by atoms with Crippen LogP contribution in [0.15, 0.2) is 29.1 Å². The molecule has 2 aliphatic rings. The first-order chi connectivity index (χ1) is 13.1. The van der Waals surface area contributed by atoms with Crippen molar-refractivity contribution in [2.45, 2.75) is 44.4 Å². The first-order valence-corrected chi connectivity index (χ1v) is 9.98. The van der Waals surface area contributed by atoms with E-state index in [1.165, 1.54) is 6.42 Å². The van der Waals surface area contributed by atoms with Crippen LogP contribution < -0.4 is 10.3 Å². The Morgan fingerprint density at radius 3 is 2.67 bits per heavy atom. The maximum absolute atomic E-state index is 12.5. The van der Waals surface area contributed by atoms with Crippen LogP contribution in [-0.2, 0) is 6.54 Å². The number of ether oxygens (including phenoxy) is 1. The fourth-order valence-corrected chi connectivity index (χ4v) is 4.48. The van der Waals surface area contributed by atoms with Gasteiger partial charge in [0, 0.05) is 50.4 Å². The summed E-state index contributed by atoms with van der Waals surface area (Å²) in [5.74, 6) is 0.743. The van der Waals surface area contributed by atoms with E-state index in [9.17, 15) is 9.90 Å². The van der Waals surface area contributed by atoms with E-state index in [0.29, 0.717) is 12.6 Å². The standard InChI is InChI=1S/C21H29N3O3/c1-27-17-7-6-15-12-16(21(26)22-18(15)13-17)14-23-8-10-24(11-9-23)19-4-2-3-5-20(19)25/h6-7,12-13,19-20,25H,2-5,8-11,14H2,1H3,(H,22,26)/t19-,20-/m0/s1. The second kappa shape index (κ2) is 8.00. The van der Waals surface area contributed by atoms with Crippen LogP contribution in [0.5, 0.6) is 5.75 Å². The number of aliphatic hydroxyl groups excluding tert-OH is 1. The van der Waals surface area contributed by atoms with Crippen LogP contribution in [0.1, 0.15) is 31.2 Å². The molecule has 0 unspecified atom stereocenters. The normalized spacial score (nSPS) is 25.0. The van der Waals surface area contributed by atoms with Gasteiger partial charge in [0.1, 0.15) is 5.75 Å². The second-order valence-corrected chi connectivity index (χ2v) is 7.81. The monoisotopic (exact) mass is 371 g/mol. The number of nitrogens with zero attached hydrogens (tertiary/aromatic N) is 2. The number of hydrogen-bond donors (Lipinski definition) is 2. The van der Waals surface area contributed by atoms with Crippen LogP contribution in [0, 0.1) is 0 Å². The van der Waals surface area contributed by atoms with Crippen molar-refractivity contribution in [2.24, 2.45) is 0 Å². The predicted octanol–water partition coefficient (Wildman–Crippen LogP) is 1.96. The maximum Gasteiger partial charge on any atom is 0.252 e. The molecule has 0 spiro atoms. The zero-order valence-corrected chi connectivity index (χ0v) is 16.0. The van der Waals surface area contributed by atoms with Crippen molar-refractivity contribution >= 4 is 10.9 Å². The van der Waals surface area contributed by atoms with Crippen LogP contribution in [-0.4, -0.2) is 65.3 Å². The van der Waals surface area contributed by atoms with Gasteiger partial charge in [0.25, 0.3) is 5.56 Å². The third kappa shape index (κ3) is 4.03. The SMILES string of the molecule is COc1ccc2cc(CN3CCN([C@H]4CCCC[C@@H]4O)CC3)c(=O)[nH]c2c1. The van der Waals surface area contributed by atoms with Gasteiger partial charge < -0.3 is 14.8 Å². The summed E-state index contributed by atoms with van der Waals surface area (Å²) >= 11 is 0. The summed E-state index contributed by atoms with van der Waals surface area (Å²) in [6, 6.07) is 8.06. The van der Waals surface area contributed by atoms with Crippen molar-refractivity contribution in [3.8, 4) is 5.75 Å². The molecular weight excluding hydrogens is 342 g/mol. The van der Waals surface area contributed by atoms with Gasteiger partial charge in [-0.3, -0.25) is 14.6 Å². The van der Waals surface area contributed by atoms with Crippen molar-refractivity contribution in [1.82, 2.24) is 14.8 Å². The van der Waals surface area contributed by atoms with E-state index in [4.69, 9.17) is 4.74 Å². The van der Waals surface area contributed by atoms with Gasteiger partial charge in [-0.1, -0.05) is 12.8 Å². The summed E-state index contributed by atoms with van der Waals surface area (Å²) in [7, 11) is 1.62. The largest absolute Gasteiger partial charge is 0.497 e. The third-order valence-electron chi connectivity index (χ3n) is 6.09. The fourth-order valence-electron chi connectivity index (χ4n) is 4.48. The van der Waals surface area contributed by atoms with E-state index >= 15 is 0 Å². The molecule has 1 aliphatic carbocycles. The van der Waals surface area contributed by atoms with Gasteiger partial charge in [-0.15, -0.1) is 0 Å². The first kappa shape index (κ1) is 18.5. The Morgan fingerprint density at radius 2 is 1.93 bits per heavy atom. The molecule has 1 aromatic heterocycles. The fraction of sp³-hybridized carbons (Fsp3) is 0.571. The van der Waals surface area contributed by atoms with E-state index < -0.39 is 0 Å². The number of fused-ring (bicyclic) bond motifs is 1. The van der Waals surface area contributed by atoms with Crippen LogP contribution in [0.3, 0.4) is 0 Å². The summed E-state index contributed by atoms with van der Waals surface area (Å²) in [5, 5.41) is 11.3. The van der Waals surface area contributed by atoms with Gasteiger partial charge in [0.15, 0.2) is 0 Å². The molecule has 2 aromatic rings. The summed E-state index contributed by atoms with van der Waals surface area (Å²) in [4.78, 5) is 20.3. The van der Waals surface area contributed by atoms with Gasteiger partial charge in [-0.2, -0.15) is 0 Å². The topological polar surface area (TPSA) is 68.8 Å². The number of benzene rings is 1. The van der Waals surface area contributed by atoms with Crippen LogP contribution in [0.4, 0.5) is 0 Å². The highest BCUT2D eigenvalue weighted by Gasteiger charge is 2.30. The van der Waals surface area contributed by atoms with Crippen molar-refractivity contribution < 1.29 is 9.84 Å². The van der Waals surface area contributed by atoms with Gasteiger partial charge >= 0.3 is 0 Å². The molecule has 2 atom stereocenters. The number of pyridine rings is 1. The number of hydrogen-bond acceptors (Lipinski definition) is 5. The Kier molecular flexibility index (Phi) is 5.48. The number of H-pyrrole nitrogens is 1. The maximum atomic E-state index is 12.5. The smallest absolute Gasteiger partial charge is 0.252 e. The highest BCUT2D eigenvalue weighted by atomic mass is 16.5. The van der Waals surface area contributed by atoms with Gasteiger partial charge in [-0.05, 0) is 36.4 Å². The van der Waals surface area contributed by atoms with E-state index in [2.05, 4.69) is 14.8 Å². The Morgan fingerprint density at radius 1 is 1.15 bits per heavy atom. The summed E-state index contributed by atoms with van der Waals surface area (Å²) in [5.41, 5.74) is 1.58. The van der Waals surface area contributed by atoms with E-state index in [1.807, 2.05) is 24.3 Å². The van der Waals surface area contributed by atoms with Crippen molar-refractivity contribution in [2.75, 3.05) is 33.3 Å². The van der Waals surface area contributed by atoms with Crippen molar-refractivity contribution in [3.05, 3.63) is 40.2 Å². The number of nitrogens with one attached hydrogen (secondary N) is 1. The average molecular weight is 371 g/mol. The molecule has 4 rings (SSSR count). The lowest BCUT2D eigenvalue weighted by molar-refractivity contribution is -0.00476. The predicted molar refractivity (Wildman–Crippen MR) is 106 cm³/mol. The molecule has 2 N–H and O–H groups in total. The number of rotatable bonds is 4. The minimum atomic E-state index is -0.175. The molecule has 146 valence electrons. The van der Waals surface area contributed by atoms with Gasteiger partial charge in [0.2, 0.25) is 0 Å². The second-order valence-electron chi connectivity index (χ2n) is 7.81. The van der Waals surface area contributed by atoms with Crippen molar-refractivity contribution in [1.29, 1.82) is 0 Å². The molecule has 1 saturated carbocycles. The van der Waals surface area contributed by atoms with Gasteiger partial charge in [-0.25, -0.2) is 0 Å². The van der Waals surface area contributed by atoms with Crippen molar-refractivity contribution in [3.63, 3.8) is 0 Å². The lowest BCUT2D eigenvalue weighted by atomic mass is 9.91. The molecule has 0 bridgehead atoms. The number of methoxy groups -OCH3 is 1. The molecule has 0 amide bonds. The van der Waals surface area contributed by atoms with E-state index in [1.54, 1.807) is 7.11 Å². The molecule has 1 aromatic carbocycles. The average Bonchev–Trinajstić information content (AvgIpc) is 2.69. The van der Waals surface area contributed by atoms with Crippen LogP contribution in [0.2, 0.25) is 0 Å². The molecule has 27 heavy (non-hydrogen) atoms. The minimum Gasteiger partial charge on any atom is -0.497 e. The van der Waals surface area contributed by atoms with E-state index in [-0.39, 0.29) is 11.7 Å². The zero-order chi connectivity index (χ0) is 18.8. The highest BCUT2D eigenvalue weighted by Crippen LogP contribution is 2.24. The molecule has 0 radical (unpaired) electrons. The number of piperazine rings is 1.